The molecule has 86 valence electrons. The molecule has 1 aromatic heterocycles. The van der Waals surface area contributed by atoms with E-state index in [0.717, 1.165) is 23.2 Å². The molecule has 0 bridgehead atoms. The topological polar surface area (TPSA) is 70.1 Å². The lowest BCUT2D eigenvalue weighted by Gasteiger charge is -2.03. The number of thioether (sulfide) groups is 1. The van der Waals surface area contributed by atoms with Crippen LogP contribution in [0.4, 0.5) is 0 Å². The third kappa shape index (κ3) is 2.03. The zero-order chi connectivity index (χ0) is 11.7. The zero-order valence-electron chi connectivity index (χ0n) is 8.93. The van der Waals surface area contributed by atoms with E-state index in [-0.39, 0.29) is 5.91 Å². The van der Waals surface area contributed by atoms with Gasteiger partial charge in [0.25, 0.3) is 5.91 Å². The van der Waals surface area contributed by atoms with Crippen LogP contribution < -0.4 is 5.32 Å². The van der Waals surface area contributed by atoms with Crippen molar-refractivity contribution in [2.24, 2.45) is 4.99 Å². The molecular weight excluding hydrogens is 236 g/mol. The molecule has 1 aliphatic rings. The number of hydrogen-bond acceptors (Lipinski definition) is 4. The Morgan fingerprint density at radius 1 is 1.47 bits per heavy atom. The Balaban J connectivity index is 1.84. The number of amides is 1. The number of amidine groups is 1. The first-order chi connectivity index (χ1) is 8.33. The van der Waals surface area contributed by atoms with Crippen molar-refractivity contribution in [3.8, 4) is 0 Å². The summed E-state index contributed by atoms with van der Waals surface area (Å²) in [6.45, 7) is 0.779. The largest absolute Gasteiger partial charge is 0.301 e. The van der Waals surface area contributed by atoms with Gasteiger partial charge in [0.2, 0.25) is 0 Å². The number of hydrogen-bond donors (Lipinski definition) is 2. The van der Waals surface area contributed by atoms with Crippen LogP contribution in [0.1, 0.15) is 10.4 Å². The zero-order valence-corrected chi connectivity index (χ0v) is 9.75. The number of nitrogens with one attached hydrogen (secondary N) is 2. The Morgan fingerprint density at radius 2 is 2.41 bits per heavy atom. The molecule has 2 aromatic rings. The molecule has 0 unspecified atom stereocenters. The number of H-pyrrole nitrogens is 1. The molecular formula is C11H10N4OS. The highest BCUT2D eigenvalue weighted by atomic mass is 32.2. The van der Waals surface area contributed by atoms with Gasteiger partial charge in [0.15, 0.2) is 5.17 Å². The average Bonchev–Trinajstić information content (AvgIpc) is 2.97. The highest BCUT2D eigenvalue weighted by Gasteiger charge is 2.12. The van der Waals surface area contributed by atoms with Gasteiger partial charge in [-0.05, 0) is 18.2 Å². The van der Waals surface area contributed by atoms with Crippen LogP contribution in [0.2, 0.25) is 0 Å². The number of benzene rings is 1. The van der Waals surface area contributed by atoms with Crippen LogP contribution in [0, 0.1) is 0 Å². The summed E-state index contributed by atoms with van der Waals surface area (Å²) < 4.78 is 0. The standard InChI is InChI=1S/C11H10N4OS/c16-10(14-11-12-3-4-17-11)7-1-2-9-8(5-7)6-13-15-9/h1-2,5-6H,3-4H2,(H,13,15)(H,12,14,16). The second-order valence-corrected chi connectivity index (χ2v) is 4.75. The van der Waals surface area contributed by atoms with Crippen LogP contribution in [0.25, 0.3) is 10.9 Å². The number of aliphatic imine (C=N–C) groups is 1. The molecule has 1 aromatic carbocycles. The van der Waals surface area contributed by atoms with Crippen molar-refractivity contribution >= 4 is 33.7 Å². The minimum Gasteiger partial charge on any atom is -0.301 e. The Morgan fingerprint density at radius 3 is 3.24 bits per heavy atom. The van der Waals surface area contributed by atoms with Gasteiger partial charge in [-0.1, -0.05) is 11.8 Å². The van der Waals surface area contributed by atoms with E-state index in [2.05, 4.69) is 20.5 Å². The van der Waals surface area contributed by atoms with E-state index < -0.39 is 0 Å². The quantitative estimate of drug-likeness (QED) is 0.799. The van der Waals surface area contributed by atoms with Crippen molar-refractivity contribution in [1.29, 1.82) is 0 Å². The number of rotatable bonds is 1. The van der Waals surface area contributed by atoms with Crippen molar-refractivity contribution < 1.29 is 4.79 Å². The molecule has 0 spiro atoms. The summed E-state index contributed by atoms with van der Waals surface area (Å²) in [5.74, 6) is 0.817. The average molecular weight is 246 g/mol. The highest BCUT2D eigenvalue weighted by molar-refractivity contribution is 8.14. The molecule has 0 saturated heterocycles. The van der Waals surface area contributed by atoms with Crippen molar-refractivity contribution in [2.45, 2.75) is 0 Å². The van der Waals surface area contributed by atoms with Crippen LogP contribution in [-0.2, 0) is 0 Å². The fourth-order valence-corrected chi connectivity index (χ4v) is 2.39. The molecule has 0 saturated carbocycles. The number of aromatic amines is 1. The monoisotopic (exact) mass is 246 g/mol. The molecule has 1 amide bonds. The smallest absolute Gasteiger partial charge is 0.257 e. The lowest BCUT2D eigenvalue weighted by molar-refractivity contribution is 0.0978. The summed E-state index contributed by atoms with van der Waals surface area (Å²) in [6, 6.07) is 5.44. The molecule has 3 rings (SSSR count). The molecule has 2 heterocycles. The van der Waals surface area contributed by atoms with Crippen LogP contribution in [-0.4, -0.2) is 33.6 Å². The predicted octanol–water partition coefficient (Wildman–Crippen LogP) is 1.40. The van der Waals surface area contributed by atoms with Gasteiger partial charge in [0, 0.05) is 16.7 Å². The Kier molecular flexibility index (Phi) is 2.56. The Labute approximate surface area is 102 Å². The van der Waals surface area contributed by atoms with Gasteiger partial charge in [-0.3, -0.25) is 14.9 Å². The fourth-order valence-electron chi connectivity index (χ4n) is 1.66. The summed E-state index contributed by atoms with van der Waals surface area (Å²) in [6.07, 6.45) is 1.70. The van der Waals surface area contributed by atoms with Crippen LogP contribution in [0.3, 0.4) is 0 Å². The third-order valence-electron chi connectivity index (χ3n) is 2.51. The van der Waals surface area contributed by atoms with Gasteiger partial charge in [0.05, 0.1) is 18.3 Å². The minimum absolute atomic E-state index is 0.124. The summed E-state index contributed by atoms with van der Waals surface area (Å²) in [7, 11) is 0. The van der Waals surface area contributed by atoms with Gasteiger partial charge in [0.1, 0.15) is 0 Å². The van der Waals surface area contributed by atoms with E-state index in [1.54, 1.807) is 24.0 Å². The van der Waals surface area contributed by atoms with Crippen LogP contribution >= 0.6 is 11.8 Å². The van der Waals surface area contributed by atoms with E-state index in [0.29, 0.717) is 10.7 Å². The van der Waals surface area contributed by atoms with Crippen LogP contribution in [0.15, 0.2) is 29.4 Å². The highest BCUT2D eigenvalue weighted by Crippen LogP contribution is 2.14. The van der Waals surface area contributed by atoms with Gasteiger partial charge in [-0.15, -0.1) is 0 Å². The molecule has 1 aliphatic heterocycles. The first kappa shape index (κ1) is 10.3. The first-order valence-electron chi connectivity index (χ1n) is 5.25. The maximum Gasteiger partial charge on any atom is 0.257 e. The molecule has 0 atom stereocenters. The fraction of sp³-hybridized carbons (Fsp3) is 0.182. The number of carbonyl (C=O) groups is 1. The van der Waals surface area contributed by atoms with Crippen LogP contribution in [0.5, 0.6) is 0 Å². The molecule has 17 heavy (non-hydrogen) atoms. The van der Waals surface area contributed by atoms with Gasteiger partial charge >= 0.3 is 0 Å². The molecule has 2 N–H and O–H groups in total. The molecule has 0 fully saturated rings. The van der Waals surface area contributed by atoms with E-state index in [1.165, 1.54) is 0 Å². The maximum absolute atomic E-state index is 11.9. The first-order valence-corrected chi connectivity index (χ1v) is 6.23. The van der Waals surface area contributed by atoms with Crippen molar-refractivity contribution in [2.75, 3.05) is 12.3 Å². The van der Waals surface area contributed by atoms with Gasteiger partial charge in [-0.25, -0.2) is 0 Å². The van der Waals surface area contributed by atoms with Gasteiger partial charge in [-0.2, -0.15) is 5.10 Å². The van der Waals surface area contributed by atoms with E-state index in [9.17, 15) is 4.79 Å². The summed E-state index contributed by atoms with van der Waals surface area (Å²) in [4.78, 5) is 16.1. The maximum atomic E-state index is 11.9. The Hall–Kier alpha value is -1.82. The summed E-state index contributed by atoms with van der Waals surface area (Å²) in [5.41, 5.74) is 1.54. The SMILES string of the molecule is O=C(NC1=NCCS1)c1ccc2[nH]ncc2c1. The summed E-state index contributed by atoms with van der Waals surface area (Å²) in [5, 5.41) is 11.2. The molecule has 6 heteroatoms. The minimum atomic E-state index is -0.124. The predicted molar refractivity (Wildman–Crippen MR) is 68.3 cm³/mol. The van der Waals surface area contributed by atoms with Crippen molar-refractivity contribution in [3.05, 3.63) is 30.0 Å². The van der Waals surface area contributed by atoms with E-state index in [1.807, 2.05) is 12.1 Å². The van der Waals surface area contributed by atoms with Crippen molar-refractivity contribution in [3.63, 3.8) is 0 Å². The molecule has 0 radical (unpaired) electrons. The van der Waals surface area contributed by atoms with Gasteiger partial charge < -0.3 is 5.32 Å². The third-order valence-corrected chi connectivity index (χ3v) is 3.40. The number of carbonyl (C=O) groups excluding carboxylic acids is 1. The second-order valence-electron chi connectivity index (χ2n) is 3.66. The number of nitrogens with zero attached hydrogens (tertiary/aromatic N) is 2. The normalized spacial score (nSPS) is 14.9. The molecule has 5 nitrogen and oxygen atoms in total. The number of fused-ring (bicyclic) bond motifs is 1. The molecule has 0 aliphatic carbocycles. The Bertz CT molecular complexity index is 604. The van der Waals surface area contributed by atoms with E-state index in [4.69, 9.17) is 0 Å². The van der Waals surface area contributed by atoms with E-state index >= 15 is 0 Å². The summed E-state index contributed by atoms with van der Waals surface area (Å²) >= 11 is 1.57. The second kappa shape index (κ2) is 4.21. The lowest BCUT2D eigenvalue weighted by atomic mass is 10.1. The number of aromatic nitrogens is 2. The lowest BCUT2D eigenvalue weighted by Crippen LogP contribution is -2.27. The van der Waals surface area contributed by atoms with Crippen molar-refractivity contribution in [1.82, 2.24) is 15.5 Å².